The molecular weight excluding hydrogens is 364 g/mol. The molecule has 1 aliphatic carbocycles. The van der Waals surface area contributed by atoms with E-state index in [0.29, 0.717) is 22.9 Å². The summed E-state index contributed by atoms with van der Waals surface area (Å²) >= 11 is 1.57. The fourth-order valence-electron chi connectivity index (χ4n) is 2.76. The van der Waals surface area contributed by atoms with Gasteiger partial charge in [-0.25, -0.2) is 4.79 Å². The predicted molar refractivity (Wildman–Crippen MR) is 107 cm³/mol. The van der Waals surface area contributed by atoms with Gasteiger partial charge in [-0.15, -0.1) is 11.8 Å². The number of carbonyl (C=O) groups excluding carboxylic acids is 3. The third-order valence-electron chi connectivity index (χ3n) is 4.25. The summed E-state index contributed by atoms with van der Waals surface area (Å²) in [6.07, 6.45) is 2.05. The number of thioether (sulfide) groups is 1. The highest BCUT2D eigenvalue weighted by Crippen LogP contribution is 2.24. The first-order valence-corrected chi connectivity index (χ1v) is 10.3. The molecule has 1 saturated carbocycles. The molecule has 0 radical (unpaired) electrons. The summed E-state index contributed by atoms with van der Waals surface area (Å²) in [6, 6.07) is 6.35. The van der Waals surface area contributed by atoms with Crippen molar-refractivity contribution in [3.8, 4) is 0 Å². The van der Waals surface area contributed by atoms with Gasteiger partial charge in [-0.3, -0.25) is 9.59 Å². The van der Waals surface area contributed by atoms with E-state index in [2.05, 4.69) is 16.0 Å². The Hall–Kier alpha value is -2.22. The van der Waals surface area contributed by atoms with Crippen LogP contribution in [0.2, 0.25) is 0 Å². The predicted octanol–water partition coefficient (Wildman–Crippen LogP) is 2.40. The second-order valence-corrected chi connectivity index (χ2v) is 8.98. The molecule has 8 heteroatoms. The van der Waals surface area contributed by atoms with Crippen LogP contribution in [0.5, 0.6) is 0 Å². The molecule has 1 aromatic rings. The lowest BCUT2D eigenvalue weighted by molar-refractivity contribution is -0.125. The number of hydrogen-bond acceptors (Lipinski definition) is 4. The second-order valence-electron chi connectivity index (χ2n) is 7.98. The molecule has 1 heterocycles. The number of benzene rings is 1. The number of urea groups is 1. The maximum Gasteiger partial charge on any atom is 0.319 e. The van der Waals surface area contributed by atoms with Crippen molar-refractivity contribution in [2.75, 3.05) is 16.9 Å². The number of carbonyl (C=O) groups is 3. The normalized spacial score (nSPS) is 19.5. The zero-order chi connectivity index (χ0) is 19.6. The topological polar surface area (TPSA) is 90.5 Å². The standard InChI is InChI=1S/C19H26N4O3S/c1-19(2,3)22-16(24)15-10-27-11-23(15)17(25)12-4-6-13(7-5-12)20-18(26)21-14-8-9-14/h4-7,14-15H,8-11H2,1-3H3,(H,22,24)(H2,20,21,26). The Kier molecular flexibility index (Phi) is 5.64. The van der Waals surface area contributed by atoms with Gasteiger partial charge in [0.05, 0.1) is 5.88 Å². The minimum atomic E-state index is -0.469. The van der Waals surface area contributed by atoms with Gasteiger partial charge in [-0.2, -0.15) is 0 Å². The Bertz CT molecular complexity index is 725. The molecule has 27 heavy (non-hydrogen) atoms. The first-order chi connectivity index (χ1) is 12.7. The summed E-state index contributed by atoms with van der Waals surface area (Å²) in [7, 11) is 0. The number of amides is 4. The second kappa shape index (κ2) is 7.80. The molecule has 3 N–H and O–H groups in total. The molecule has 1 aromatic carbocycles. The molecule has 1 saturated heterocycles. The number of nitrogens with one attached hydrogen (secondary N) is 3. The van der Waals surface area contributed by atoms with Gasteiger partial charge in [0.2, 0.25) is 5.91 Å². The Morgan fingerprint density at radius 3 is 2.37 bits per heavy atom. The third kappa shape index (κ3) is 5.38. The van der Waals surface area contributed by atoms with E-state index in [9.17, 15) is 14.4 Å². The van der Waals surface area contributed by atoms with Crippen molar-refractivity contribution in [2.24, 2.45) is 0 Å². The summed E-state index contributed by atoms with van der Waals surface area (Å²) in [5.41, 5.74) is 0.787. The van der Waals surface area contributed by atoms with Crippen molar-refractivity contribution in [3.05, 3.63) is 29.8 Å². The number of hydrogen-bond donors (Lipinski definition) is 3. The van der Waals surface area contributed by atoms with Crippen LogP contribution in [0.1, 0.15) is 44.0 Å². The van der Waals surface area contributed by atoms with Gasteiger partial charge in [0, 0.05) is 28.6 Å². The molecule has 1 atom stereocenters. The van der Waals surface area contributed by atoms with Crippen LogP contribution in [0.15, 0.2) is 24.3 Å². The van der Waals surface area contributed by atoms with Crippen LogP contribution in [0, 0.1) is 0 Å². The first-order valence-electron chi connectivity index (χ1n) is 9.11. The highest BCUT2D eigenvalue weighted by molar-refractivity contribution is 7.99. The average molecular weight is 391 g/mol. The van der Waals surface area contributed by atoms with Crippen LogP contribution in [0.25, 0.3) is 0 Å². The van der Waals surface area contributed by atoms with E-state index in [1.54, 1.807) is 40.9 Å². The smallest absolute Gasteiger partial charge is 0.319 e. The average Bonchev–Trinajstić information content (AvgIpc) is 3.24. The van der Waals surface area contributed by atoms with Crippen LogP contribution in [0.3, 0.4) is 0 Å². The van der Waals surface area contributed by atoms with Gasteiger partial charge in [0.1, 0.15) is 6.04 Å². The maximum absolute atomic E-state index is 12.8. The lowest BCUT2D eigenvalue weighted by Crippen LogP contribution is -2.52. The molecule has 0 bridgehead atoms. The van der Waals surface area contributed by atoms with Crippen molar-refractivity contribution in [2.45, 2.75) is 51.2 Å². The monoisotopic (exact) mass is 390 g/mol. The van der Waals surface area contributed by atoms with Crippen molar-refractivity contribution in [3.63, 3.8) is 0 Å². The van der Waals surface area contributed by atoms with Crippen LogP contribution in [-0.4, -0.2) is 52.0 Å². The van der Waals surface area contributed by atoms with E-state index >= 15 is 0 Å². The first kappa shape index (κ1) is 19.5. The minimum Gasteiger partial charge on any atom is -0.350 e. The Morgan fingerprint density at radius 1 is 1.11 bits per heavy atom. The van der Waals surface area contributed by atoms with E-state index in [0.717, 1.165) is 12.8 Å². The molecule has 146 valence electrons. The largest absolute Gasteiger partial charge is 0.350 e. The van der Waals surface area contributed by atoms with Crippen LogP contribution < -0.4 is 16.0 Å². The molecule has 1 unspecified atom stereocenters. The fraction of sp³-hybridized carbons (Fsp3) is 0.526. The van der Waals surface area contributed by atoms with Gasteiger partial charge in [-0.1, -0.05) is 0 Å². The highest BCUT2D eigenvalue weighted by atomic mass is 32.2. The van der Waals surface area contributed by atoms with Crippen LogP contribution in [-0.2, 0) is 4.79 Å². The van der Waals surface area contributed by atoms with Crippen molar-refractivity contribution < 1.29 is 14.4 Å². The van der Waals surface area contributed by atoms with Crippen molar-refractivity contribution >= 4 is 35.3 Å². The summed E-state index contributed by atoms with van der Waals surface area (Å²) in [5.74, 6) is 0.776. The molecule has 2 fully saturated rings. The highest BCUT2D eigenvalue weighted by Gasteiger charge is 2.36. The Morgan fingerprint density at radius 2 is 1.78 bits per heavy atom. The van der Waals surface area contributed by atoms with Gasteiger partial charge < -0.3 is 20.9 Å². The number of anilines is 1. The number of rotatable bonds is 4. The lowest BCUT2D eigenvalue weighted by atomic mass is 10.1. The third-order valence-corrected chi connectivity index (χ3v) is 5.26. The Balaban J connectivity index is 1.62. The minimum absolute atomic E-state index is 0.129. The molecule has 1 aliphatic heterocycles. The van der Waals surface area contributed by atoms with Gasteiger partial charge in [0.15, 0.2) is 0 Å². The summed E-state index contributed by atoms with van der Waals surface area (Å²) in [6.45, 7) is 5.76. The van der Waals surface area contributed by atoms with E-state index in [1.165, 1.54) is 0 Å². The van der Waals surface area contributed by atoms with Gasteiger partial charge in [0.25, 0.3) is 5.91 Å². The Labute approximate surface area is 163 Å². The van der Waals surface area contributed by atoms with Crippen LogP contribution in [0.4, 0.5) is 10.5 Å². The summed E-state index contributed by atoms with van der Waals surface area (Å²) in [5, 5.41) is 8.56. The fourth-order valence-corrected chi connectivity index (χ4v) is 3.91. The van der Waals surface area contributed by atoms with Gasteiger partial charge in [-0.05, 0) is 57.9 Å². The summed E-state index contributed by atoms with van der Waals surface area (Å²) in [4.78, 5) is 38.7. The van der Waals surface area contributed by atoms with E-state index in [4.69, 9.17) is 0 Å². The molecule has 7 nitrogen and oxygen atoms in total. The summed E-state index contributed by atoms with van der Waals surface area (Å²) < 4.78 is 0. The lowest BCUT2D eigenvalue weighted by Gasteiger charge is -2.27. The van der Waals surface area contributed by atoms with Crippen LogP contribution >= 0.6 is 11.8 Å². The van der Waals surface area contributed by atoms with Gasteiger partial charge >= 0.3 is 6.03 Å². The molecule has 0 aromatic heterocycles. The maximum atomic E-state index is 12.8. The SMILES string of the molecule is CC(C)(C)NC(=O)C1CSCN1C(=O)c1ccc(NC(=O)NC2CC2)cc1. The zero-order valence-corrected chi connectivity index (χ0v) is 16.7. The molecule has 2 aliphatic rings. The molecular formula is C19H26N4O3S. The van der Waals surface area contributed by atoms with Crippen molar-refractivity contribution in [1.82, 2.24) is 15.5 Å². The van der Waals surface area contributed by atoms with E-state index < -0.39 is 6.04 Å². The molecule has 0 spiro atoms. The molecule has 4 amide bonds. The van der Waals surface area contributed by atoms with E-state index in [-0.39, 0.29) is 29.4 Å². The number of nitrogens with zero attached hydrogens (tertiary/aromatic N) is 1. The zero-order valence-electron chi connectivity index (χ0n) is 15.9. The van der Waals surface area contributed by atoms with Crippen molar-refractivity contribution in [1.29, 1.82) is 0 Å². The molecule has 3 rings (SSSR count). The van der Waals surface area contributed by atoms with E-state index in [1.807, 2.05) is 20.8 Å². The quantitative estimate of drug-likeness (QED) is 0.736.